The number of allylic oxidation sites excluding steroid dienone is 2. The first kappa shape index (κ1) is 51.7. The van der Waals surface area contributed by atoms with Gasteiger partial charge in [0.25, 0.3) is 11.8 Å². The van der Waals surface area contributed by atoms with Crippen LogP contribution in [0.2, 0.25) is 0 Å². The maximum Gasteiger partial charge on any atom is 0.257 e. The average Bonchev–Trinajstić information content (AvgIpc) is 3.66. The highest BCUT2D eigenvalue weighted by molar-refractivity contribution is 7.84. The van der Waals surface area contributed by atoms with E-state index in [1.807, 2.05) is 44.2 Å². The van der Waals surface area contributed by atoms with Gasteiger partial charge in [0.1, 0.15) is 19.5 Å². The van der Waals surface area contributed by atoms with Gasteiger partial charge in [-0.05, 0) is 79.6 Å². The molecule has 6 rings (SSSR count). The number of likely N-dealkylation sites (N-methyl/N-ethyl adjacent to an activating group) is 1. The number of carbonyl (C=O) groups excluding carboxylic acids is 3. The molecule has 68 heavy (non-hydrogen) atoms. The number of rotatable bonds is 27. The lowest BCUT2D eigenvalue weighted by Gasteiger charge is -2.27. The molecule has 2 amide bonds. The predicted octanol–water partition coefficient (Wildman–Crippen LogP) is 7.17. The topological polar surface area (TPSA) is 162 Å². The molecule has 0 bridgehead atoms. The molecular formula is C51H66N6O10S. The van der Waals surface area contributed by atoms with Gasteiger partial charge in [0, 0.05) is 83.4 Å². The van der Waals surface area contributed by atoms with Gasteiger partial charge >= 0.3 is 0 Å². The number of carbonyl (C=O) groups is 3. The quantitative estimate of drug-likeness (QED) is 0.0344. The second-order valence-electron chi connectivity index (χ2n) is 16.7. The fourth-order valence-corrected chi connectivity index (χ4v) is 8.24. The molecule has 3 aromatic carbocycles. The van der Waals surface area contributed by atoms with Crippen molar-refractivity contribution in [2.75, 3.05) is 99.0 Å². The van der Waals surface area contributed by atoms with Crippen LogP contribution >= 0.6 is 12.6 Å². The number of hydrogen-bond acceptors (Lipinski definition) is 15. The summed E-state index contributed by atoms with van der Waals surface area (Å²) in [5.74, 6) is 1.34. The number of fused-ring (bicyclic) bond motifs is 3. The summed E-state index contributed by atoms with van der Waals surface area (Å²) in [6.07, 6.45) is 11.0. The number of ether oxygens (including phenoxy) is 7. The molecule has 0 spiro atoms. The largest absolute Gasteiger partial charge is 0.493 e. The molecule has 0 aromatic heterocycles. The number of aldehydes is 1. The lowest BCUT2D eigenvalue weighted by atomic mass is 10.1. The minimum absolute atomic E-state index is 0.0930. The van der Waals surface area contributed by atoms with Gasteiger partial charge in [-0.2, -0.15) is 0 Å². The average molecular weight is 955 g/mol. The summed E-state index contributed by atoms with van der Waals surface area (Å²) in [6, 6.07) is 12.6. The van der Waals surface area contributed by atoms with Gasteiger partial charge in [-0.15, -0.1) is 12.6 Å². The monoisotopic (exact) mass is 954 g/mol. The van der Waals surface area contributed by atoms with Gasteiger partial charge in [-0.3, -0.25) is 24.5 Å². The number of hydrogen-bond donors (Lipinski definition) is 2. The van der Waals surface area contributed by atoms with Gasteiger partial charge in [0.05, 0.1) is 81.8 Å². The smallest absolute Gasteiger partial charge is 0.257 e. The van der Waals surface area contributed by atoms with Crippen LogP contribution in [0.5, 0.6) is 23.0 Å². The first-order chi connectivity index (χ1) is 33.1. The van der Waals surface area contributed by atoms with Crippen molar-refractivity contribution < 1.29 is 47.5 Å². The zero-order valence-electron chi connectivity index (χ0n) is 40.2. The predicted molar refractivity (Wildman–Crippen MR) is 268 cm³/mol. The number of amides is 2. The number of thiol groups is 1. The molecule has 3 aromatic rings. The molecule has 0 aliphatic carbocycles. The zero-order chi connectivity index (χ0) is 48.4. The number of benzene rings is 3. The van der Waals surface area contributed by atoms with Crippen LogP contribution < -0.4 is 29.2 Å². The third-order valence-corrected chi connectivity index (χ3v) is 12.4. The molecule has 3 aliphatic rings. The van der Waals surface area contributed by atoms with Crippen LogP contribution in [-0.4, -0.2) is 147 Å². The standard InChI is InChI=1S/C51H66N6O10S/c1-7-35-22-40-31-53-45-29-49(47(63-6)27-43(45)51(60)57(40)32-35)67-34-37-21-36(33-66-48-28-44-42(26-46(48)62-5)50(59)54-38(30-52-44)25-41(68)8-2)23-39(24-37)55(3)12-13-56(11-9-10-15-58)14-16-64-19-20-65-18-17-61-4/h7-8,15,21,23-24,26-31,38,40,68H,9-14,16-20,22,25,32-34H2,1-6H3,(H,54,59)/b35-7+,41-8+/t38?,40-/m0/s1. The van der Waals surface area contributed by atoms with Gasteiger partial charge in [-0.25, -0.2) is 0 Å². The van der Waals surface area contributed by atoms with Crippen molar-refractivity contribution >= 4 is 60.2 Å². The van der Waals surface area contributed by atoms with Crippen LogP contribution in [0.4, 0.5) is 17.1 Å². The summed E-state index contributed by atoms with van der Waals surface area (Å²) in [5, 5.41) is 3.01. The fourth-order valence-electron chi connectivity index (χ4n) is 8.04. The molecule has 366 valence electrons. The Bertz CT molecular complexity index is 2340. The lowest BCUT2D eigenvalue weighted by molar-refractivity contribution is -0.108. The Morgan fingerprint density at radius 3 is 2.09 bits per heavy atom. The summed E-state index contributed by atoms with van der Waals surface area (Å²) in [4.78, 5) is 54.9. The number of nitrogens with zero attached hydrogens (tertiary/aromatic N) is 5. The summed E-state index contributed by atoms with van der Waals surface area (Å²) in [6.45, 7) is 10.2. The molecule has 1 unspecified atom stereocenters. The molecule has 16 nitrogen and oxygen atoms in total. The summed E-state index contributed by atoms with van der Waals surface area (Å²) in [5.41, 5.74) is 5.68. The van der Waals surface area contributed by atoms with Gasteiger partial charge < -0.3 is 53.1 Å². The molecule has 1 saturated heterocycles. The Morgan fingerprint density at radius 1 is 0.794 bits per heavy atom. The van der Waals surface area contributed by atoms with Gasteiger partial charge in [-0.1, -0.05) is 17.7 Å². The van der Waals surface area contributed by atoms with E-state index in [1.54, 1.807) is 44.7 Å². The normalized spacial score (nSPS) is 17.1. The maximum absolute atomic E-state index is 13.8. The Balaban J connectivity index is 1.23. The Kier molecular flexibility index (Phi) is 19.9. The lowest BCUT2D eigenvalue weighted by Crippen LogP contribution is -2.36. The number of nitrogens with one attached hydrogen (secondary N) is 1. The van der Waals surface area contributed by atoms with Crippen molar-refractivity contribution in [2.45, 2.75) is 64.8 Å². The molecule has 0 saturated carbocycles. The van der Waals surface area contributed by atoms with Crippen LogP contribution in [0.3, 0.4) is 0 Å². The molecule has 1 N–H and O–H groups in total. The van der Waals surface area contributed by atoms with Crippen LogP contribution in [0.15, 0.2) is 75.1 Å². The van der Waals surface area contributed by atoms with Crippen molar-refractivity contribution in [1.29, 1.82) is 0 Å². The van der Waals surface area contributed by atoms with Crippen LogP contribution in [-0.2, 0) is 32.2 Å². The highest BCUT2D eigenvalue weighted by Crippen LogP contribution is 2.40. The second-order valence-corrected chi connectivity index (χ2v) is 17.3. The molecule has 17 heteroatoms. The summed E-state index contributed by atoms with van der Waals surface area (Å²) < 4.78 is 40.9. The number of methoxy groups -OCH3 is 3. The van der Waals surface area contributed by atoms with Crippen LogP contribution in [0.25, 0.3) is 0 Å². The minimum Gasteiger partial charge on any atom is -0.493 e. The van der Waals surface area contributed by atoms with Crippen molar-refractivity contribution in [3.05, 3.63) is 87.3 Å². The molecule has 2 atom stereocenters. The number of unbranched alkanes of at least 4 members (excludes halogenated alkanes) is 1. The minimum atomic E-state index is -0.326. The van der Waals surface area contributed by atoms with E-state index < -0.39 is 0 Å². The highest BCUT2D eigenvalue weighted by Gasteiger charge is 2.35. The number of anilines is 1. The Morgan fingerprint density at radius 2 is 1.44 bits per heavy atom. The van der Waals surface area contributed by atoms with Gasteiger partial charge in [0.2, 0.25) is 0 Å². The summed E-state index contributed by atoms with van der Waals surface area (Å²) >= 11 is 4.50. The van der Waals surface area contributed by atoms with E-state index in [2.05, 4.69) is 50.9 Å². The van der Waals surface area contributed by atoms with Crippen molar-refractivity contribution in [2.24, 2.45) is 9.98 Å². The van der Waals surface area contributed by atoms with Crippen molar-refractivity contribution in [3.8, 4) is 23.0 Å². The second kappa shape index (κ2) is 26.1. The van der Waals surface area contributed by atoms with E-state index in [-0.39, 0.29) is 37.1 Å². The molecule has 1 fully saturated rings. The third-order valence-electron chi connectivity index (χ3n) is 12.0. The van der Waals surface area contributed by atoms with E-state index in [1.165, 1.54) is 12.7 Å². The summed E-state index contributed by atoms with van der Waals surface area (Å²) in [7, 11) is 6.77. The molecule has 3 aliphatic heterocycles. The number of aliphatic imine (C=N–C) groups is 2. The Hall–Kier alpha value is -5.72. The van der Waals surface area contributed by atoms with E-state index in [0.29, 0.717) is 111 Å². The first-order valence-electron chi connectivity index (χ1n) is 23.1. The van der Waals surface area contributed by atoms with E-state index >= 15 is 0 Å². The van der Waals surface area contributed by atoms with E-state index in [4.69, 9.17) is 38.2 Å². The maximum atomic E-state index is 13.8. The third kappa shape index (κ3) is 14.2. The van der Waals surface area contributed by atoms with Crippen molar-refractivity contribution in [1.82, 2.24) is 15.1 Å². The highest BCUT2D eigenvalue weighted by atomic mass is 32.1. The van der Waals surface area contributed by atoms with E-state index in [0.717, 1.165) is 53.9 Å². The van der Waals surface area contributed by atoms with Crippen LogP contribution in [0, 0.1) is 0 Å². The molecule has 3 heterocycles. The fraction of sp³-hybridized carbons (Fsp3) is 0.471. The first-order valence-corrected chi connectivity index (χ1v) is 23.5. The van der Waals surface area contributed by atoms with Gasteiger partial charge in [0.15, 0.2) is 23.0 Å². The van der Waals surface area contributed by atoms with Crippen LogP contribution in [0.1, 0.15) is 71.4 Å². The zero-order valence-corrected chi connectivity index (χ0v) is 41.1. The molecule has 0 radical (unpaired) electrons. The Labute approximate surface area is 405 Å². The SMILES string of the molecule is C/C=C(/S)CC1C=Nc2cc(OCc3cc(COc4cc5c(cc4OC)C(=O)N4C/C(=C/C)C[C@H]4C=N5)cc(N(C)CCN(CCCC=O)CCOCCOCCOC)c3)c(OC)cc2C(=O)N1. The molecular weight excluding hydrogens is 889 g/mol. The van der Waals surface area contributed by atoms with Crippen molar-refractivity contribution in [3.63, 3.8) is 0 Å². The van der Waals surface area contributed by atoms with E-state index in [9.17, 15) is 14.4 Å².